The van der Waals surface area contributed by atoms with Crippen molar-refractivity contribution in [1.82, 2.24) is 19.7 Å². The number of hydrogen-bond acceptors (Lipinski definition) is 4. The minimum Gasteiger partial charge on any atom is -0.378 e. The normalized spacial score (nSPS) is 10.8. The smallest absolute Gasteiger partial charge is 0.255 e. The van der Waals surface area contributed by atoms with Crippen LogP contribution in [0.25, 0.3) is 5.82 Å². The number of amides is 1. The summed E-state index contributed by atoms with van der Waals surface area (Å²) in [4.78, 5) is 18.5. The summed E-state index contributed by atoms with van der Waals surface area (Å²) in [6, 6.07) is 9.07. The lowest BCUT2D eigenvalue weighted by atomic mass is 10.1. The third-order valence-electron chi connectivity index (χ3n) is 3.83. The van der Waals surface area contributed by atoms with Gasteiger partial charge >= 0.3 is 0 Å². The molecule has 0 aliphatic carbocycles. The molecular weight excluding hydrogens is 577 g/mol. The second kappa shape index (κ2) is 8.94. The van der Waals surface area contributed by atoms with Gasteiger partial charge in [-0.15, -0.1) is 0 Å². The average Bonchev–Trinajstić information content (AvgIpc) is 3.00. The van der Waals surface area contributed by atoms with Gasteiger partial charge in [0.25, 0.3) is 5.91 Å². The van der Waals surface area contributed by atoms with Crippen molar-refractivity contribution in [2.45, 2.75) is 6.54 Å². The number of carbonyl (C=O) groups excluding carboxylic acids is 1. The molecule has 28 heavy (non-hydrogen) atoms. The third kappa shape index (κ3) is 4.59. The lowest BCUT2D eigenvalue weighted by Gasteiger charge is -2.18. The van der Waals surface area contributed by atoms with Crippen LogP contribution in [0.15, 0.2) is 50.1 Å². The number of hydrogen-bond donors (Lipinski definition) is 1. The van der Waals surface area contributed by atoms with Crippen molar-refractivity contribution in [3.8, 4) is 5.82 Å². The summed E-state index contributed by atoms with van der Waals surface area (Å²) in [6.07, 6.45) is 1.66. The van der Waals surface area contributed by atoms with Gasteiger partial charge in [-0.1, -0.05) is 27.5 Å². The van der Waals surface area contributed by atoms with Crippen LogP contribution in [0, 0.1) is 0 Å². The van der Waals surface area contributed by atoms with E-state index < -0.39 is 0 Å². The van der Waals surface area contributed by atoms with Gasteiger partial charge in [0.2, 0.25) is 0 Å². The highest BCUT2D eigenvalue weighted by Gasteiger charge is 2.18. The lowest BCUT2D eigenvalue weighted by molar-refractivity contribution is 0.0828. The second-order valence-corrected chi connectivity index (χ2v) is 9.03. The number of anilines is 1. The monoisotopic (exact) mass is 589 g/mol. The van der Waals surface area contributed by atoms with Gasteiger partial charge in [-0.05, 0) is 62.2 Å². The predicted octanol–water partition coefficient (Wildman–Crippen LogP) is 5.52. The average molecular weight is 593 g/mol. The SMILES string of the molecule is CN(C)C(=O)c1cc(Br)cc(Br)c1NCc1cc(Br)nn1-c1ncccc1Cl. The Balaban J connectivity index is 1.96. The van der Waals surface area contributed by atoms with Gasteiger partial charge in [-0.3, -0.25) is 4.79 Å². The van der Waals surface area contributed by atoms with Gasteiger partial charge in [0.15, 0.2) is 5.82 Å². The van der Waals surface area contributed by atoms with Crippen molar-refractivity contribution < 1.29 is 4.79 Å². The largest absolute Gasteiger partial charge is 0.378 e. The fourth-order valence-electron chi connectivity index (χ4n) is 2.57. The molecule has 1 aromatic carbocycles. The van der Waals surface area contributed by atoms with Crippen LogP contribution >= 0.6 is 59.4 Å². The molecule has 0 atom stereocenters. The fraction of sp³-hybridized carbons (Fsp3) is 0.167. The Hall–Kier alpha value is -1.42. The molecule has 1 N–H and O–H groups in total. The van der Waals surface area contributed by atoms with Crippen LogP contribution < -0.4 is 5.32 Å². The zero-order valence-corrected chi connectivity index (χ0v) is 20.4. The van der Waals surface area contributed by atoms with E-state index in [1.807, 2.05) is 12.1 Å². The highest BCUT2D eigenvalue weighted by molar-refractivity contribution is 9.11. The number of carbonyl (C=O) groups is 1. The maximum absolute atomic E-state index is 12.6. The van der Waals surface area contributed by atoms with Gasteiger partial charge in [-0.2, -0.15) is 5.10 Å². The van der Waals surface area contributed by atoms with E-state index in [-0.39, 0.29) is 5.91 Å². The summed E-state index contributed by atoms with van der Waals surface area (Å²) in [5, 5.41) is 8.26. The molecule has 3 rings (SSSR count). The Morgan fingerprint density at radius 2 is 2.00 bits per heavy atom. The van der Waals surface area contributed by atoms with E-state index in [9.17, 15) is 4.79 Å². The van der Waals surface area contributed by atoms with E-state index in [0.29, 0.717) is 33.2 Å². The molecule has 146 valence electrons. The Morgan fingerprint density at radius 1 is 1.25 bits per heavy atom. The molecule has 6 nitrogen and oxygen atoms in total. The van der Waals surface area contributed by atoms with E-state index in [1.165, 1.54) is 4.90 Å². The number of rotatable bonds is 5. The first-order valence-corrected chi connectivity index (χ1v) is 10.8. The molecule has 0 saturated carbocycles. The molecule has 0 aliphatic heterocycles. The molecule has 0 aliphatic rings. The van der Waals surface area contributed by atoms with Gasteiger partial charge < -0.3 is 10.2 Å². The van der Waals surface area contributed by atoms with Crippen LogP contribution in [0.3, 0.4) is 0 Å². The molecule has 2 heterocycles. The predicted molar refractivity (Wildman–Crippen MR) is 121 cm³/mol. The third-order valence-corrected chi connectivity index (χ3v) is 5.60. The Labute approximate surface area is 192 Å². The molecule has 0 fully saturated rings. The molecule has 10 heteroatoms. The van der Waals surface area contributed by atoms with Gasteiger partial charge in [0, 0.05) is 29.2 Å². The molecule has 2 aromatic heterocycles. The van der Waals surface area contributed by atoms with Crippen LogP contribution in [0.4, 0.5) is 5.69 Å². The van der Waals surface area contributed by atoms with Crippen molar-refractivity contribution >= 4 is 71.0 Å². The van der Waals surface area contributed by atoms with E-state index in [0.717, 1.165) is 14.6 Å². The van der Waals surface area contributed by atoms with Gasteiger partial charge in [0.05, 0.1) is 28.5 Å². The first-order valence-electron chi connectivity index (χ1n) is 8.08. The number of aromatic nitrogens is 3. The molecule has 0 radical (unpaired) electrons. The molecular formula is C18H15Br3ClN5O. The number of nitrogens with zero attached hydrogens (tertiary/aromatic N) is 4. The molecule has 1 amide bonds. The molecule has 0 saturated heterocycles. The van der Waals surface area contributed by atoms with Crippen LogP contribution in [0.5, 0.6) is 0 Å². The standard InChI is InChI=1S/C18H15Br3ClN5O/c1-26(2)18(28)12-6-10(19)7-13(20)16(12)24-9-11-8-15(21)25-27(11)17-14(22)4-3-5-23-17/h3-8,24H,9H2,1-2H3. The van der Waals surface area contributed by atoms with E-state index in [2.05, 4.69) is 63.2 Å². The summed E-state index contributed by atoms with van der Waals surface area (Å²) in [7, 11) is 3.44. The summed E-state index contributed by atoms with van der Waals surface area (Å²) in [5.74, 6) is 0.429. The first-order chi connectivity index (χ1) is 13.3. The summed E-state index contributed by atoms with van der Waals surface area (Å²) in [5.41, 5.74) is 2.07. The second-order valence-electron chi connectivity index (χ2n) is 6.04. The molecule has 0 unspecified atom stereocenters. The number of nitrogens with one attached hydrogen (secondary N) is 1. The van der Waals surface area contributed by atoms with E-state index in [4.69, 9.17) is 11.6 Å². The Bertz CT molecular complexity index is 1040. The Morgan fingerprint density at radius 3 is 2.68 bits per heavy atom. The minimum absolute atomic E-state index is 0.105. The van der Waals surface area contributed by atoms with Crippen LogP contribution in [0.2, 0.25) is 5.02 Å². The molecule has 0 bridgehead atoms. The lowest BCUT2D eigenvalue weighted by Crippen LogP contribution is -2.23. The molecule has 3 aromatic rings. The fourth-order valence-corrected chi connectivity index (χ4v) is 4.56. The van der Waals surface area contributed by atoms with Crippen molar-refractivity contribution in [2.24, 2.45) is 0 Å². The van der Waals surface area contributed by atoms with Crippen molar-refractivity contribution in [3.63, 3.8) is 0 Å². The highest BCUT2D eigenvalue weighted by Crippen LogP contribution is 2.32. The van der Waals surface area contributed by atoms with Crippen molar-refractivity contribution in [3.05, 3.63) is 66.4 Å². The van der Waals surface area contributed by atoms with E-state index >= 15 is 0 Å². The summed E-state index contributed by atoms with van der Waals surface area (Å²) >= 11 is 16.7. The van der Waals surface area contributed by atoms with Gasteiger partial charge in [0.1, 0.15) is 4.60 Å². The Kier molecular flexibility index (Phi) is 6.80. The summed E-state index contributed by atoms with van der Waals surface area (Å²) in [6.45, 7) is 0.402. The number of benzene rings is 1. The van der Waals surface area contributed by atoms with Gasteiger partial charge in [-0.25, -0.2) is 9.67 Å². The maximum Gasteiger partial charge on any atom is 0.255 e. The highest BCUT2D eigenvalue weighted by atomic mass is 79.9. The zero-order chi connectivity index (χ0) is 20.4. The van der Waals surface area contributed by atoms with Crippen LogP contribution in [-0.2, 0) is 6.54 Å². The van der Waals surface area contributed by atoms with Crippen molar-refractivity contribution in [2.75, 3.05) is 19.4 Å². The summed E-state index contributed by atoms with van der Waals surface area (Å²) < 4.78 is 3.90. The minimum atomic E-state index is -0.105. The quantitative estimate of drug-likeness (QED) is 0.424. The van der Waals surface area contributed by atoms with Crippen LogP contribution in [-0.4, -0.2) is 39.7 Å². The molecule has 0 spiro atoms. The zero-order valence-electron chi connectivity index (χ0n) is 14.9. The number of pyridine rings is 1. The van der Waals surface area contributed by atoms with Crippen molar-refractivity contribution in [1.29, 1.82) is 0 Å². The first kappa shape index (κ1) is 21.3. The number of halogens is 4. The van der Waals surface area contributed by atoms with E-state index in [1.54, 1.807) is 43.2 Å². The van der Waals surface area contributed by atoms with Crippen LogP contribution in [0.1, 0.15) is 16.1 Å². The topological polar surface area (TPSA) is 63.1 Å². The maximum atomic E-state index is 12.6.